The summed E-state index contributed by atoms with van der Waals surface area (Å²) < 4.78 is 5.77. The van der Waals surface area contributed by atoms with Crippen LogP contribution in [0.5, 0.6) is 0 Å². The second-order valence-corrected chi connectivity index (χ2v) is 8.66. The van der Waals surface area contributed by atoms with E-state index in [-0.39, 0.29) is 5.91 Å². The molecule has 1 saturated carbocycles. The molecule has 1 aliphatic carbocycles. The summed E-state index contributed by atoms with van der Waals surface area (Å²) in [7, 11) is 0. The molecule has 1 aromatic heterocycles. The fraction of sp³-hybridized carbons (Fsp3) is 0.333. The number of carbonyl (C=O) groups is 1. The highest BCUT2D eigenvalue weighted by molar-refractivity contribution is 5.77. The van der Waals surface area contributed by atoms with Crippen LogP contribution in [0.25, 0.3) is 0 Å². The summed E-state index contributed by atoms with van der Waals surface area (Å²) in [4.78, 5) is 16.7. The lowest BCUT2D eigenvalue weighted by Crippen LogP contribution is -3.13. The van der Waals surface area contributed by atoms with Crippen molar-refractivity contribution in [3.05, 3.63) is 94.9 Å². The number of quaternary nitrogens is 1. The summed E-state index contributed by atoms with van der Waals surface area (Å²) >= 11 is 0. The van der Waals surface area contributed by atoms with Crippen LogP contribution in [0.3, 0.4) is 0 Å². The van der Waals surface area contributed by atoms with Gasteiger partial charge in [0.05, 0.1) is 24.2 Å². The molecular formula is C27H30N3O2+. The zero-order valence-corrected chi connectivity index (χ0v) is 18.6. The molecule has 1 fully saturated rings. The van der Waals surface area contributed by atoms with Gasteiger partial charge in [0.25, 0.3) is 5.91 Å². The van der Waals surface area contributed by atoms with Gasteiger partial charge in [0.2, 0.25) is 0 Å². The van der Waals surface area contributed by atoms with Gasteiger partial charge >= 0.3 is 0 Å². The van der Waals surface area contributed by atoms with Gasteiger partial charge < -0.3 is 14.2 Å². The van der Waals surface area contributed by atoms with Gasteiger partial charge in [0.15, 0.2) is 6.54 Å². The first-order valence-electron chi connectivity index (χ1n) is 11.3. The number of rotatable bonds is 10. The number of aryl methyl sites for hydroxylation is 1. The standard InChI is InChI=1S/C27H29N3O2/c1-21-7-14-26(32-21)19-29(16-15-22-5-3-2-4-6-22)27(31)20-30(25-12-13-25)18-24-10-8-23(17-28)9-11-24/h2-11,14,25H,12-13,15-16,18-20H2,1H3/p+1. The first-order chi connectivity index (χ1) is 15.6. The molecule has 0 aliphatic heterocycles. The third-order valence-electron chi connectivity index (χ3n) is 6.06. The van der Waals surface area contributed by atoms with E-state index in [4.69, 9.17) is 9.68 Å². The normalized spacial score (nSPS) is 14.0. The maximum absolute atomic E-state index is 13.4. The van der Waals surface area contributed by atoms with Gasteiger partial charge in [-0.2, -0.15) is 5.26 Å². The fourth-order valence-corrected chi connectivity index (χ4v) is 4.07. The fourth-order valence-electron chi connectivity index (χ4n) is 4.07. The van der Waals surface area contributed by atoms with Gasteiger partial charge in [0.1, 0.15) is 18.1 Å². The van der Waals surface area contributed by atoms with Crippen LogP contribution in [0.4, 0.5) is 0 Å². The molecule has 164 valence electrons. The Kier molecular flexibility index (Phi) is 7.03. The van der Waals surface area contributed by atoms with Gasteiger partial charge in [0, 0.05) is 24.9 Å². The lowest BCUT2D eigenvalue weighted by Gasteiger charge is -2.25. The lowest BCUT2D eigenvalue weighted by atomic mass is 10.1. The monoisotopic (exact) mass is 428 g/mol. The van der Waals surface area contributed by atoms with Gasteiger partial charge in [-0.05, 0) is 43.2 Å². The Bertz CT molecular complexity index is 1060. The second-order valence-electron chi connectivity index (χ2n) is 8.66. The average Bonchev–Trinajstić information content (AvgIpc) is 3.59. The Morgan fingerprint density at radius 1 is 1.06 bits per heavy atom. The minimum Gasteiger partial charge on any atom is -0.464 e. The zero-order chi connectivity index (χ0) is 22.3. The molecule has 0 radical (unpaired) electrons. The van der Waals surface area contributed by atoms with Gasteiger partial charge in [-0.3, -0.25) is 4.79 Å². The van der Waals surface area contributed by atoms with Crippen LogP contribution >= 0.6 is 0 Å². The van der Waals surface area contributed by atoms with E-state index < -0.39 is 0 Å². The van der Waals surface area contributed by atoms with Crippen LogP contribution in [0.2, 0.25) is 0 Å². The van der Waals surface area contributed by atoms with E-state index in [0.717, 1.165) is 30.0 Å². The minimum atomic E-state index is 0.158. The van der Waals surface area contributed by atoms with Crippen molar-refractivity contribution < 1.29 is 14.1 Å². The highest BCUT2D eigenvalue weighted by Gasteiger charge is 2.35. The highest BCUT2D eigenvalue weighted by atomic mass is 16.3. The third kappa shape index (κ3) is 6.09. The van der Waals surface area contributed by atoms with E-state index in [1.54, 1.807) is 0 Å². The van der Waals surface area contributed by atoms with Crippen molar-refractivity contribution in [3.63, 3.8) is 0 Å². The molecule has 1 unspecified atom stereocenters. The summed E-state index contributed by atoms with van der Waals surface area (Å²) in [5.41, 5.74) is 3.06. The average molecular weight is 429 g/mol. The summed E-state index contributed by atoms with van der Waals surface area (Å²) in [6, 6.07) is 24.6. The maximum Gasteiger partial charge on any atom is 0.278 e. The summed E-state index contributed by atoms with van der Waals surface area (Å²) in [6.45, 7) is 4.36. The van der Waals surface area contributed by atoms with Crippen molar-refractivity contribution in [2.24, 2.45) is 0 Å². The number of benzene rings is 2. The topological polar surface area (TPSA) is 61.7 Å². The second kappa shape index (κ2) is 10.3. The van der Waals surface area contributed by atoms with Crippen molar-refractivity contribution in [2.75, 3.05) is 13.1 Å². The molecule has 32 heavy (non-hydrogen) atoms. The summed E-state index contributed by atoms with van der Waals surface area (Å²) in [5.74, 6) is 1.84. The molecule has 3 aromatic rings. The summed E-state index contributed by atoms with van der Waals surface area (Å²) in [6.07, 6.45) is 3.15. The largest absolute Gasteiger partial charge is 0.464 e. The van der Waals surface area contributed by atoms with Crippen LogP contribution in [-0.2, 0) is 24.3 Å². The Hall–Kier alpha value is -3.36. The van der Waals surface area contributed by atoms with Gasteiger partial charge in [-0.25, -0.2) is 0 Å². The quantitative estimate of drug-likeness (QED) is 0.539. The maximum atomic E-state index is 13.4. The minimum absolute atomic E-state index is 0.158. The van der Waals surface area contributed by atoms with E-state index in [1.807, 2.05) is 66.4 Å². The molecule has 1 aliphatic rings. The number of furan rings is 1. The zero-order valence-electron chi connectivity index (χ0n) is 18.6. The van der Waals surface area contributed by atoms with Crippen molar-refractivity contribution in [1.29, 1.82) is 5.26 Å². The number of carbonyl (C=O) groups excluding carboxylic acids is 1. The predicted molar refractivity (Wildman–Crippen MR) is 123 cm³/mol. The molecule has 1 amide bonds. The lowest BCUT2D eigenvalue weighted by molar-refractivity contribution is -0.917. The molecule has 5 heteroatoms. The molecule has 5 nitrogen and oxygen atoms in total. The number of hydrogen-bond acceptors (Lipinski definition) is 3. The van der Waals surface area contributed by atoms with E-state index in [0.29, 0.717) is 31.2 Å². The van der Waals surface area contributed by atoms with Crippen LogP contribution in [0.15, 0.2) is 71.1 Å². The molecule has 1 atom stereocenters. The smallest absolute Gasteiger partial charge is 0.278 e. The Balaban J connectivity index is 1.44. The van der Waals surface area contributed by atoms with Crippen molar-refractivity contribution in [2.45, 2.75) is 45.3 Å². The molecule has 0 saturated heterocycles. The van der Waals surface area contributed by atoms with Gasteiger partial charge in [-0.15, -0.1) is 0 Å². The van der Waals surface area contributed by atoms with Crippen LogP contribution < -0.4 is 4.90 Å². The van der Waals surface area contributed by atoms with E-state index in [9.17, 15) is 4.79 Å². The van der Waals surface area contributed by atoms with Crippen LogP contribution in [0, 0.1) is 18.3 Å². The highest BCUT2D eigenvalue weighted by Crippen LogP contribution is 2.16. The number of hydrogen-bond donors (Lipinski definition) is 1. The number of nitrogens with one attached hydrogen (secondary N) is 1. The first kappa shape index (κ1) is 21.9. The molecule has 4 rings (SSSR count). The van der Waals surface area contributed by atoms with Crippen molar-refractivity contribution >= 4 is 5.91 Å². The molecular weight excluding hydrogens is 398 g/mol. The van der Waals surface area contributed by atoms with Crippen LogP contribution in [-0.4, -0.2) is 29.9 Å². The summed E-state index contributed by atoms with van der Waals surface area (Å²) in [5, 5.41) is 9.03. The first-order valence-corrected chi connectivity index (χ1v) is 11.3. The Morgan fingerprint density at radius 3 is 2.44 bits per heavy atom. The SMILES string of the molecule is Cc1ccc(CN(CCc2ccccc2)C(=O)C[NH+](Cc2ccc(C#N)cc2)C2CC2)o1. The third-order valence-corrected chi connectivity index (χ3v) is 6.06. The molecule has 2 aromatic carbocycles. The number of amides is 1. The predicted octanol–water partition coefficient (Wildman–Crippen LogP) is 3.28. The molecule has 0 spiro atoms. The number of nitriles is 1. The number of nitrogens with zero attached hydrogens (tertiary/aromatic N) is 2. The van der Waals surface area contributed by atoms with Crippen LogP contribution in [0.1, 0.15) is 41.1 Å². The van der Waals surface area contributed by atoms with E-state index >= 15 is 0 Å². The van der Waals surface area contributed by atoms with Crippen molar-refractivity contribution in [1.82, 2.24) is 4.90 Å². The molecule has 1 N–H and O–H groups in total. The Morgan fingerprint density at radius 2 is 1.81 bits per heavy atom. The Labute approximate surface area is 189 Å². The van der Waals surface area contributed by atoms with Gasteiger partial charge in [-0.1, -0.05) is 42.5 Å². The molecule has 0 bridgehead atoms. The van der Waals surface area contributed by atoms with Crippen molar-refractivity contribution in [3.8, 4) is 6.07 Å². The molecule has 1 heterocycles. The van der Waals surface area contributed by atoms with E-state index in [2.05, 4.69) is 18.2 Å². The van der Waals surface area contributed by atoms with E-state index in [1.165, 1.54) is 23.3 Å².